The van der Waals surface area contributed by atoms with Crippen molar-refractivity contribution in [2.45, 2.75) is 18.4 Å². The van der Waals surface area contributed by atoms with E-state index in [1.54, 1.807) is 7.05 Å². The normalized spacial score (nSPS) is 27.6. The van der Waals surface area contributed by atoms with Crippen LogP contribution in [0, 0.1) is 0 Å². The number of rotatable bonds is 3. The van der Waals surface area contributed by atoms with Crippen molar-refractivity contribution in [2.24, 2.45) is 0 Å². The fourth-order valence-electron chi connectivity index (χ4n) is 2.37. The van der Waals surface area contributed by atoms with Crippen LogP contribution in [0.15, 0.2) is 24.6 Å². The molecule has 3 rings (SSSR count). The molecule has 21 heavy (non-hydrogen) atoms. The second-order valence-corrected chi connectivity index (χ2v) is 4.56. The van der Waals surface area contributed by atoms with E-state index >= 15 is 0 Å². The molecule has 0 saturated carbocycles. The van der Waals surface area contributed by atoms with Gasteiger partial charge < -0.3 is 20.3 Å². The van der Waals surface area contributed by atoms with Gasteiger partial charge in [0.15, 0.2) is 17.7 Å². The highest BCUT2D eigenvalue weighted by atomic mass is 19.1. The molecule has 2 aromatic heterocycles. The number of hydrogen-bond donors (Lipinski definition) is 3. The largest absolute Gasteiger partial charge is 0.394 e. The first-order chi connectivity index (χ1) is 10.2. The topological polar surface area (TPSA) is 105 Å². The highest BCUT2D eigenvalue weighted by Crippen LogP contribution is 2.36. The Labute approximate surface area is 118 Å². The minimum Gasteiger partial charge on any atom is -0.394 e. The smallest absolute Gasteiger partial charge is 0.167 e. The molecule has 0 radical (unpaired) electrons. The summed E-state index contributed by atoms with van der Waals surface area (Å²) in [7, 11) is 1.70. The third-order valence-electron chi connectivity index (χ3n) is 3.44. The summed E-state index contributed by atoms with van der Waals surface area (Å²) in [6.07, 6.45) is 0.0534. The molecule has 0 bridgehead atoms. The monoisotopic (exact) mass is 295 g/mol. The van der Waals surface area contributed by atoms with Crippen molar-refractivity contribution in [3.63, 3.8) is 0 Å². The molecule has 112 valence electrons. The summed E-state index contributed by atoms with van der Waals surface area (Å²) in [6, 6.07) is 0. The summed E-state index contributed by atoms with van der Waals surface area (Å²) in [5.41, 5.74) is 0.950. The summed E-state index contributed by atoms with van der Waals surface area (Å²) < 4.78 is 20.1. The van der Waals surface area contributed by atoms with Gasteiger partial charge in [0, 0.05) is 12.6 Å². The van der Waals surface area contributed by atoms with Gasteiger partial charge in [-0.3, -0.25) is 4.57 Å². The van der Waals surface area contributed by atoms with E-state index in [4.69, 9.17) is 9.84 Å². The minimum absolute atomic E-state index is 0.0120. The summed E-state index contributed by atoms with van der Waals surface area (Å²) in [4.78, 5) is 12.3. The van der Waals surface area contributed by atoms with E-state index in [-0.39, 0.29) is 11.9 Å². The Balaban J connectivity index is 2.09. The van der Waals surface area contributed by atoms with Gasteiger partial charge in [-0.25, -0.2) is 19.3 Å². The Hall–Kier alpha value is -2.10. The van der Waals surface area contributed by atoms with Gasteiger partial charge in [0.2, 0.25) is 0 Å². The molecular weight excluding hydrogens is 281 g/mol. The fraction of sp³-hybridized carbons (Fsp3) is 0.417. The van der Waals surface area contributed by atoms with Gasteiger partial charge in [-0.1, -0.05) is 0 Å². The molecule has 1 aliphatic heterocycles. The highest BCUT2D eigenvalue weighted by Gasteiger charge is 2.40. The van der Waals surface area contributed by atoms with Crippen molar-refractivity contribution in [1.82, 2.24) is 19.5 Å². The number of aromatic nitrogens is 4. The van der Waals surface area contributed by atoms with Crippen molar-refractivity contribution in [1.29, 1.82) is 0 Å². The van der Waals surface area contributed by atoms with E-state index in [9.17, 15) is 9.50 Å². The first kappa shape index (κ1) is 13.9. The fourth-order valence-corrected chi connectivity index (χ4v) is 2.37. The van der Waals surface area contributed by atoms with Crippen LogP contribution in [0.3, 0.4) is 0 Å². The molecule has 1 aliphatic rings. The van der Waals surface area contributed by atoms with E-state index in [1.807, 2.05) is 0 Å². The quantitative estimate of drug-likeness (QED) is 0.730. The second-order valence-electron chi connectivity index (χ2n) is 4.56. The predicted molar refractivity (Wildman–Crippen MR) is 71.1 cm³/mol. The van der Waals surface area contributed by atoms with Crippen molar-refractivity contribution >= 4 is 17.0 Å². The van der Waals surface area contributed by atoms with Crippen LogP contribution in [0.5, 0.6) is 0 Å². The molecule has 9 heteroatoms. The predicted octanol–water partition coefficient (Wildman–Crippen LogP) is -0.0280. The van der Waals surface area contributed by atoms with Gasteiger partial charge in [-0.2, -0.15) is 0 Å². The van der Waals surface area contributed by atoms with E-state index in [2.05, 4.69) is 20.3 Å². The van der Waals surface area contributed by atoms with Gasteiger partial charge in [-0.15, -0.1) is 0 Å². The van der Waals surface area contributed by atoms with Crippen LogP contribution in [0.1, 0.15) is 6.23 Å². The molecule has 1 saturated heterocycles. The maximum Gasteiger partial charge on any atom is 0.167 e. The Kier molecular flexibility index (Phi) is 3.53. The van der Waals surface area contributed by atoms with Crippen molar-refractivity contribution in [3.05, 3.63) is 24.6 Å². The average molecular weight is 295 g/mol. The molecule has 2 aromatic rings. The first-order valence-electron chi connectivity index (χ1n) is 6.31. The van der Waals surface area contributed by atoms with Crippen molar-refractivity contribution in [3.8, 4) is 0 Å². The number of halogens is 1. The number of imidazole rings is 1. The zero-order valence-corrected chi connectivity index (χ0v) is 11.1. The van der Waals surface area contributed by atoms with Crippen LogP contribution in [-0.4, -0.2) is 55.6 Å². The average Bonchev–Trinajstić information content (AvgIpc) is 3.07. The molecule has 3 heterocycles. The molecule has 0 amide bonds. The van der Waals surface area contributed by atoms with Crippen molar-refractivity contribution < 1.29 is 19.3 Å². The third kappa shape index (κ3) is 2.06. The lowest BCUT2D eigenvalue weighted by Gasteiger charge is -2.14. The molecule has 0 aromatic carbocycles. The van der Waals surface area contributed by atoms with Crippen LogP contribution in [0.2, 0.25) is 0 Å². The van der Waals surface area contributed by atoms with Crippen LogP contribution in [0.4, 0.5) is 10.2 Å². The SMILES string of the molecule is CNc1ncnc2c1ncn2[C@@H]1O[C@H](CO)[C@@H](O)C1=CF. The zero-order chi connectivity index (χ0) is 15.0. The van der Waals surface area contributed by atoms with Gasteiger partial charge >= 0.3 is 0 Å². The Morgan fingerprint density at radius 3 is 2.95 bits per heavy atom. The Bertz CT molecular complexity index is 689. The van der Waals surface area contributed by atoms with Crippen LogP contribution >= 0.6 is 0 Å². The number of ether oxygens (including phenoxy) is 1. The van der Waals surface area contributed by atoms with E-state index in [1.165, 1.54) is 17.2 Å². The lowest BCUT2D eigenvalue weighted by atomic mass is 10.1. The molecule has 0 unspecified atom stereocenters. The van der Waals surface area contributed by atoms with Gasteiger partial charge in [-0.05, 0) is 0 Å². The highest BCUT2D eigenvalue weighted by molar-refractivity contribution is 5.82. The zero-order valence-electron chi connectivity index (χ0n) is 11.1. The number of hydrogen-bond acceptors (Lipinski definition) is 7. The summed E-state index contributed by atoms with van der Waals surface area (Å²) in [5.74, 6) is 0.529. The molecule has 3 atom stereocenters. The van der Waals surface area contributed by atoms with E-state index in [0.717, 1.165) is 0 Å². The number of nitrogens with zero attached hydrogens (tertiary/aromatic N) is 4. The molecule has 0 spiro atoms. The maximum absolute atomic E-state index is 13.1. The standard InChI is InChI=1S/C12H14FN5O3/c1-14-10-8-11(16-4-15-10)18(5-17-8)12-6(2-13)9(20)7(3-19)21-12/h2,4-5,7,9,12,19-20H,3H2,1H3,(H,14,15,16)/t7-,9+,12-/m1/s1. The molecule has 0 aliphatic carbocycles. The molecule has 1 fully saturated rings. The first-order valence-corrected chi connectivity index (χ1v) is 6.31. The molecular formula is C12H14FN5O3. The summed E-state index contributed by atoms with van der Waals surface area (Å²) in [6.45, 7) is -0.418. The lowest BCUT2D eigenvalue weighted by Crippen LogP contribution is -2.25. The Morgan fingerprint density at radius 2 is 2.29 bits per heavy atom. The molecule has 8 nitrogen and oxygen atoms in total. The summed E-state index contributed by atoms with van der Waals surface area (Å²) >= 11 is 0. The van der Waals surface area contributed by atoms with Gasteiger partial charge in [0.05, 0.1) is 19.3 Å². The van der Waals surface area contributed by atoms with Crippen LogP contribution in [-0.2, 0) is 4.74 Å². The van der Waals surface area contributed by atoms with Crippen LogP contribution in [0.25, 0.3) is 11.2 Å². The summed E-state index contributed by atoms with van der Waals surface area (Å²) in [5, 5.41) is 22.0. The molecule has 3 N–H and O–H groups in total. The second kappa shape index (κ2) is 5.35. The van der Waals surface area contributed by atoms with Crippen LogP contribution < -0.4 is 5.32 Å². The number of anilines is 1. The Morgan fingerprint density at radius 1 is 1.48 bits per heavy atom. The minimum atomic E-state index is -1.21. The number of aliphatic hydroxyl groups excluding tert-OH is 2. The number of aliphatic hydroxyl groups is 2. The third-order valence-corrected chi connectivity index (χ3v) is 3.44. The van der Waals surface area contributed by atoms with E-state index in [0.29, 0.717) is 17.0 Å². The van der Waals surface area contributed by atoms with Gasteiger partial charge in [0.25, 0.3) is 0 Å². The number of fused-ring (bicyclic) bond motifs is 1. The number of nitrogens with one attached hydrogen (secondary N) is 1. The van der Waals surface area contributed by atoms with Gasteiger partial charge in [0.1, 0.15) is 24.1 Å². The maximum atomic E-state index is 13.1. The van der Waals surface area contributed by atoms with Crippen molar-refractivity contribution in [2.75, 3.05) is 19.0 Å². The lowest BCUT2D eigenvalue weighted by molar-refractivity contribution is -0.0422. The van der Waals surface area contributed by atoms with E-state index < -0.39 is 25.0 Å².